The lowest BCUT2D eigenvalue weighted by Gasteiger charge is -2.30. The first-order valence-electron chi connectivity index (χ1n) is 7.29. The van der Waals surface area contributed by atoms with Gasteiger partial charge in [0.05, 0.1) is 10.7 Å². The van der Waals surface area contributed by atoms with E-state index in [0.717, 1.165) is 25.2 Å². The van der Waals surface area contributed by atoms with Crippen LogP contribution in [0, 0.1) is 0 Å². The standard InChI is InChI=1S/C16H21N3S/c17-14-7-4-9-19(11-14)10-8-16-18-15(12-20-16)13-5-2-1-3-6-13/h1-3,5-6,12,14H,4,7-11,17H2/t14-/m0/s1. The summed E-state index contributed by atoms with van der Waals surface area (Å²) in [6.07, 6.45) is 3.43. The Bertz CT molecular complexity index is 538. The van der Waals surface area contributed by atoms with Gasteiger partial charge in [-0.3, -0.25) is 0 Å². The van der Waals surface area contributed by atoms with Crippen molar-refractivity contribution in [1.29, 1.82) is 0 Å². The number of thiazole rings is 1. The molecule has 0 radical (unpaired) electrons. The zero-order valence-corrected chi connectivity index (χ0v) is 12.5. The van der Waals surface area contributed by atoms with Gasteiger partial charge in [0.2, 0.25) is 0 Å². The van der Waals surface area contributed by atoms with Gasteiger partial charge in [0.15, 0.2) is 0 Å². The molecule has 0 unspecified atom stereocenters. The fourth-order valence-corrected chi connectivity index (χ4v) is 3.51. The number of hydrogen-bond acceptors (Lipinski definition) is 4. The topological polar surface area (TPSA) is 42.1 Å². The van der Waals surface area contributed by atoms with Crippen LogP contribution in [-0.4, -0.2) is 35.6 Å². The van der Waals surface area contributed by atoms with E-state index >= 15 is 0 Å². The van der Waals surface area contributed by atoms with E-state index in [1.807, 2.05) is 6.07 Å². The number of piperidine rings is 1. The number of rotatable bonds is 4. The Morgan fingerprint density at radius 1 is 1.30 bits per heavy atom. The second kappa shape index (κ2) is 6.48. The lowest BCUT2D eigenvalue weighted by molar-refractivity contribution is 0.211. The van der Waals surface area contributed by atoms with Crippen LogP contribution in [0.15, 0.2) is 35.7 Å². The van der Waals surface area contributed by atoms with Crippen molar-refractivity contribution >= 4 is 11.3 Å². The van der Waals surface area contributed by atoms with Crippen LogP contribution < -0.4 is 5.73 Å². The van der Waals surface area contributed by atoms with Gasteiger partial charge in [0.1, 0.15) is 0 Å². The molecule has 3 rings (SSSR count). The summed E-state index contributed by atoms with van der Waals surface area (Å²) in [5, 5.41) is 3.38. The lowest BCUT2D eigenvalue weighted by Crippen LogP contribution is -2.43. The maximum atomic E-state index is 6.02. The first kappa shape index (κ1) is 13.7. The molecule has 2 aromatic rings. The first-order valence-corrected chi connectivity index (χ1v) is 8.17. The monoisotopic (exact) mass is 287 g/mol. The molecule has 0 bridgehead atoms. The summed E-state index contributed by atoms with van der Waals surface area (Å²) in [5.41, 5.74) is 8.32. The molecular formula is C16H21N3S. The quantitative estimate of drug-likeness (QED) is 0.940. The molecule has 0 amide bonds. The molecule has 2 N–H and O–H groups in total. The molecule has 20 heavy (non-hydrogen) atoms. The molecular weight excluding hydrogens is 266 g/mol. The fraction of sp³-hybridized carbons (Fsp3) is 0.438. The summed E-state index contributed by atoms with van der Waals surface area (Å²) in [6.45, 7) is 3.30. The van der Waals surface area contributed by atoms with Crippen LogP contribution in [0.25, 0.3) is 11.3 Å². The Labute approximate surface area is 124 Å². The van der Waals surface area contributed by atoms with E-state index in [1.165, 1.54) is 30.0 Å². The van der Waals surface area contributed by atoms with E-state index in [1.54, 1.807) is 11.3 Å². The molecule has 4 heteroatoms. The van der Waals surface area contributed by atoms with Gasteiger partial charge in [-0.1, -0.05) is 30.3 Å². The number of hydrogen-bond donors (Lipinski definition) is 1. The smallest absolute Gasteiger partial charge is 0.0945 e. The van der Waals surface area contributed by atoms with E-state index < -0.39 is 0 Å². The molecule has 0 spiro atoms. The highest BCUT2D eigenvalue weighted by Gasteiger charge is 2.16. The van der Waals surface area contributed by atoms with Crippen molar-refractivity contribution in [3.63, 3.8) is 0 Å². The van der Waals surface area contributed by atoms with E-state index in [-0.39, 0.29) is 0 Å². The minimum Gasteiger partial charge on any atom is -0.327 e. The summed E-state index contributed by atoms with van der Waals surface area (Å²) in [4.78, 5) is 7.21. The molecule has 0 saturated carbocycles. The molecule has 1 fully saturated rings. The summed E-state index contributed by atoms with van der Waals surface area (Å²) >= 11 is 1.76. The molecule has 106 valence electrons. The average Bonchev–Trinajstić information content (AvgIpc) is 2.95. The fourth-order valence-electron chi connectivity index (χ4n) is 2.72. The molecule has 1 saturated heterocycles. The van der Waals surface area contributed by atoms with Crippen molar-refractivity contribution in [3.8, 4) is 11.3 Å². The lowest BCUT2D eigenvalue weighted by atomic mass is 10.1. The number of nitrogens with zero attached hydrogens (tertiary/aromatic N) is 2. The number of aromatic nitrogens is 1. The molecule has 1 atom stereocenters. The Hall–Kier alpha value is -1.23. The van der Waals surface area contributed by atoms with E-state index in [0.29, 0.717) is 6.04 Å². The summed E-state index contributed by atoms with van der Waals surface area (Å²) in [5.74, 6) is 0. The minimum absolute atomic E-state index is 0.361. The van der Waals surface area contributed by atoms with E-state index in [9.17, 15) is 0 Å². The minimum atomic E-state index is 0.361. The summed E-state index contributed by atoms with van der Waals surface area (Å²) in [7, 11) is 0. The predicted octanol–water partition coefficient (Wildman–Crippen LogP) is 2.78. The van der Waals surface area contributed by atoms with Gasteiger partial charge in [-0.25, -0.2) is 4.98 Å². The van der Waals surface area contributed by atoms with Gasteiger partial charge in [-0.2, -0.15) is 0 Å². The Morgan fingerprint density at radius 2 is 2.15 bits per heavy atom. The molecule has 1 aliphatic rings. The maximum absolute atomic E-state index is 6.02. The second-order valence-electron chi connectivity index (χ2n) is 5.45. The van der Waals surface area contributed by atoms with Crippen molar-refractivity contribution in [1.82, 2.24) is 9.88 Å². The van der Waals surface area contributed by atoms with Crippen LogP contribution in [-0.2, 0) is 6.42 Å². The van der Waals surface area contributed by atoms with Crippen LogP contribution >= 0.6 is 11.3 Å². The zero-order valence-electron chi connectivity index (χ0n) is 11.7. The summed E-state index contributed by atoms with van der Waals surface area (Å²) < 4.78 is 0. The Kier molecular flexibility index (Phi) is 4.45. The van der Waals surface area contributed by atoms with Crippen molar-refractivity contribution in [2.45, 2.75) is 25.3 Å². The Balaban J connectivity index is 1.58. The van der Waals surface area contributed by atoms with Crippen LogP contribution in [0.2, 0.25) is 0 Å². The molecule has 1 aliphatic heterocycles. The van der Waals surface area contributed by atoms with Crippen LogP contribution in [0.1, 0.15) is 17.8 Å². The van der Waals surface area contributed by atoms with E-state index in [2.05, 4.69) is 34.5 Å². The molecule has 2 heterocycles. The van der Waals surface area contributed by atoms with Crippen molar-refractivity contribution in [2.24, 2.45) is 5.73 Å². The van der Waals surface area contributed by atoms with Crippen LogP contribution in [0.5, 0.6) is 0 Å². The predicted molar refractivity (Wildman–Crippen MR) is 84.9 cm³/mol. The highest BCUT2D eigenvalue weighted by atomic mass is 32.1. The summed E-state index contributed by atoms with van der Waals surface area (Å²) in [6, 6.07) is 10.7. The van der Waals surface area contributed by atoms with Crippen molar-refractivity contribution in [3.05, 3.63) is 40.7 Å². The Morgan fingerprint density at radius 3 is 2.95 bits per heavy atom. The molecule has 0 aliphatic carbocycles. The number of nitrogens with two attached hydrogens (primary N) is 1. The van der Waals surface area contributed by atoms with Gasteiger partial charge >= 0.3 is 0 Å². The van der Waals surface area contributed by atoms with Crippen LogP contribution in [0.3, 0.4) is 0 Å². The van der Waals surface area contributed by atoms with Gasteiger partial charge in [0.25, 0.3) is 0 Å². The van der Waals surface area contributed by atoms with Crippen molar-refractivity contribution < 1.29 is 0 Å². The average molecular weight is 287 g/mol. The van der Waals surface area contributed by atoms with Crippen LogP contribution in [0.4, 0.5) is 0 Å². The first-order chi connectivity index (χ1) is 9.81. The molecule has 1 aromatic heterocycles. The molecule has 3 nitrogen and oxygen atoms in total. The van der Waals surface area contributed by atoms with Gasteiger partial charge in [-0.05, 0) is 19.4 Å². The highest BCUT2D eigenvalue weighted by molar-refractivity contribution is 7.09. The third-order valence-corrected chi connectivity index (χ3v) is 4.71. The molecule has 1 aromatic carbocycles. The highest BCUT2D eigenvalue weighted by Crippen LogP contribution is 2.22. The number of benzene rings is 1. The third kappa shape index (κ3) is 3.45. The zero-order chi connectivity index (χ0) is 13.8. The van der Waals surface area contributed by atoms with E-state index in [4.69, 9.17) is 10.7 Å². The van der Waals surface area contributed by atoms with Crippen molar-refractivity contribution in [2.75, 3.05) is 19.6 Å². The van der Waals surface area contributed by atoms with Gasteiger partial charge < -0.3 is 10.6 Å². The SMILES string of the molecule is N[C@H]1CCCN(CCc2nc(-c3ccccc3)cs2)C1. The van der Waals surface area contributed by atoms with Gasteiger partial charge in [0, 0.05) is 36.5 Å². The largest absolute Gasteiger partial charge is 0.327 e. The van der Waals surface area contributed by atoms with Gasteiger partial charge in [-0.15, -0.1) is 11.3 Å². The third-order valence-electron chi connectivity index (χ3n) is 3.81. The number of likely N-dealkylation sites (tertiary alicyclic amines) is 1. The normalized spacial score (nSPS) is 20.1. The maximum Gasteiger partial charge on any atom is 0.0945 e. The second-order valence-corrected chi connectivity index (χ2v) is 6.39.